The summed E-state index contributed by atoms with van der Waals surface area (Å²) in [6, 6.07) is 12.2. The molecule has 0 spiro atoms. The Kier molecular flexibility index (Phi) is 5.53. The maximum absolute atomic E-state index is 12.9. The van der Waals surface area contributed by atoms with Crippen LogP contribution in [0, 0.1) is 5.82 Å². The number of nitrogens with zero attached hydrogens (tertiary/aromatic N) is 2. The Morgan fingerprint density at radius 1 is 1.23 bits per heavy atom. The first-order valence-corrected chi connectivity index (χ1v) is 8.31. The summed E-state index contributed by atoms with van der Waals surface area (Å²) in [5, 5.41) is 3.52. The molecule has 2 aromatic carbocycles. The van der Waals surface area contributed by atoms with E-state index in [9.17, 15) is 9.18 Å². The lowest BCUT2D eigenvalue weighted by Gasteiger charge is -2.19. The summed E-state index contributed by atoms with van der Waals surface area (Å²) >= 11 is 5.95. The van der Waals surface area contributed by atoms with Crippen LogP contribution >= 0.6 is 11.6 Å². The predicted molar refractivity (Wildman–Crippen MR) is 96.5 cm³/mol. The summed E-state index contributed by atoms with van der Waals surface area (Å²) < 4.78 is 20.1. The molecule has 0 radical (unpaired) electrons. The van der Waals surface area contributed by atoms with Gasteiger partial charge in [0.1, 0.15) is 23.4 Å². The number of hydrogen-bond acceptors (Lipinski definition) is 3. The molecule has 1 aromatic heterocycles. The molecule has 0 aliphatic rings. The van der Waals surface area contributed by atoms with E-state index in [1.807, 2.05) is 23.7 Å². The molecule has 134 valence electrons. The number of halogens is 2. The molecule has 1 N–H and O–H groups in total. The number of carbonyl (C=O) groups is 1. The van der Waals surface area contributed by atoms with Crippen molar-refractivity contribution >= 4 is 17.5 Å². The van der Waals surface area contributed by atoms with Gasteiger partial charge in [0.05, 0.1) is 0 Å². The van der Waals surface area contributed by atoms with Gasteiger partial charge in [-0.15, -0.1) is 0 Å². The molecule has 0 saturated carbocycles. The number of carbonyl (C=O) groups excluding carboxylic acids is 1. The van der Waals surface area contributed by atoms with E-state index in [0.29, 0.717) is 16.6 Å². The number of imidazole rings is 1. The summed E-state index contributed by atoms with van der Waals surface area (Å²) in [4.78, 5) is 16.7. The quantitative estimate of drug-likeness (QED) is 0.719. The standard InChI is InChI=1S/C19H17ClFN3O2/c1-24-11-10-22-19(24)18(13-2-4-14(20)5-3-13)23-17(25)12-26-16-8-6-15(21)7-9-16/h2-11,18H,12H2,1H3,(H,23,25)/t18-/m1/s1. The first-order valence-electron chi connectivity index (χ1n) is 7.93. The van der Waals surface area contributed by atoms with E-state index in [4.69, 9.17) is 16.3 Å². The normalized spacial score (nSPS) is 11.8. The first kappa shape index (κ1) is 17.9. The van der Waals surface area contributed by atoms with E-state index in [1.165, 1.54) is 24.3 Å². The van der Waals surface area contributed by atoms with Crippen LogP contribution in [0.4, 0.5) is 4.39 Å². The molecule has 1 amide bonds. The lowest BCUT2D eigenvalue weighted by Crippen LogP contribution is -2.34. The van der Waals surface area contributed by atoms with Crippen LogP contribution < -0.4 is 10.1 Å². The average Bonchev–Trinajstić information content (AvgIpc) is 3.06. The fourth-order valence-corrected chi connectivity index (χ4v) is 2.62. The monoisotopic (exact) mass is 373 g/mol. The van der Waals surface area contributed by atoms with Crippen LogP contribution in [0.15, 0.2) is 60.9 Å². The molecule has 5 nitrogen and oxygen atoms in total. The average molecular weight is 374 g/mol. The maximum Gasteiger partial charge on any atom is 0.258 e. The van der Waals surface area contributed by atoms with Gasteiger partial charge in [0.2, 0.25) is 0 Å². The van der Waals surface area contributed by atoms with E-state index in [-0.39, 0.29) is 18.3 Å². The second-order valence-electron chi connectivity index (χ2n) is 5.69. The Labute approximate surface area is 155 Å². The topological polar surface area (TPSA) is 56.2 Å². The maximum atomic E-state index is 12.9. The van der Waals surface area contributed by atoms with E-state index < -0.39 is 6.04 Å². The third-order valence-electron chi connectivity index (χ3n) is 3.81. The molecule has 1 heterocycles. The van der Waals surface area contributed by atoms with Gasteiger partial charge >= 0.3 is 0 Å². The zero-order valence-corrected chi connectivity index (χ0v) is 14.8. The molecule has 7 heteroatoms. The van der Waals surface area contributed by atoms with Crippen molar-refractivity contribution in [2.45, 2.75) is 6.04 Å². The molecule has 0 saturated heterocycles. The lowest BCUT2D eigenvalue weighted by molar-refractivity contribution is -0.123. The highest BCUT2D eigenvalue weighted by Gasteiger charge is 2.21. The molecular weight excluding hydrogens is 357 g/mol. The smallest absolute Gasteiger partial charge is 0.258 e. The number of benzene rings is 2. The van der Waals surface area contributed by atoms with Crippen LogP contribution in [-0.2, 0) is 11.8 Å². The summed E-state index contributed by atoms with van der Waals surface area (Å²) in [7, 11) is 1.85. The van der Waals surface area contributed by atoms with Crippen molar-refractivity contribution in [3.63, 3.8) is 0 Å². The Bertz CT molecular complexity index is 879. The Balaban J connectivity index is 1.73. The van der Waals surface area contributed by atoms with Crippen molar-refractivity contribution in [1.29, 1.82) is 0 Å². The number of amides is 1. The van der Waals surface area contributed by atoms with Gasteiger partial charge in [0.15, 0.2) is 6.61 Å². The SMILES string of the molecule is Cn1ccnc1[C@H](NC(=O)COc1ccc(F)cc1)c1ccc(Cl)cc1. The highest BCUT2D eigenvalue weighted by molar-refractivity contribution is 6.30. The van der Waals surface area contributed by atoms with Crippen molar-refractivity contribution < 1.29 is 13.9 Å². The number of aryl methyl sites for hydroxylation is 1. The van der Waals surface area contributed by atoms with Gasteiger partial charge in [-0.2, -0.15) is 0 Å². The van der Waals surface area contributed by atoms with Gasteiger partial charge in [-0.25, -0.2) is 9.37 Å². The third kappa shape index (κ3) is 4.40. The summed E-state index contributed by atoms with van der Waals surface area (Å²) in [6.45, 7) is -0.194. The number of rotatable bonds is 6. The van der Waals surface area contributed by atoms with Gasteiger partial charge < -0.3 is 14.6 Å². The predicted octanol–water partition coefficient (Wildman–Crippen LogP) is 3.50. The molecule has 0 bridgehead atoms. The minimum atomic E-state index is -0.448. The van der Waals surface area contributed by atoms with E-state index in [2.05, 4.69) is 10.3 Å². The number of ether oxygens (including phenoxy) is 1. The number of nitrogens with one attached hydrogen (secondary N) is 1. The van der Waals surface area contributed by atoms with Gasteiger partial charge in [-0.05, 0) is 42.0 Å². The highest BCUT2D eigenvalue weighted by Crippen LogP contribution is 2.22. The molecular formula is C19H17ClFN3O2. The molecule has 3 rings (SSSR count). The second-order valence-corrected chi connectivity index (χ2v) is 6.13. The van der Waals surface area contributed by atoms with Crippen LogP contribution in [0.25, 0.3) is 0 Å². The van der Waals surface area contributed by atoms with Crippen LogP contribution in [0.5, 0.6) is 5.75 Å². The van der Waals surface area contributed by atoms with Gasteiger partial charge in [-0.3, -0.25) is 4.79 Å². The Morgan fingerprint density at radius 3 is 2.54 bits per heavy atom. The Morgan fingerprint density at radius 2 is 1.92 bits per heavy atom. The highest BCUT2D eigenvalue weighted by atomic mass is 35.5. The van der Waals surface area contributed by atoms with E-state index in [0.717, 1.165) is 5.56 Å². The number of hydrogen-bond donors (Lipinski definition) is 1. The van der Waals surface area contributed by atoms with E-state index in [1.54, 1.807) is 24.5 Å². The lowest BCUT2D eigenvalue weighted by atomic mass is 10.1. The minimum absolute atomic E-state index is 0.194. The summed E-state index contributed by atoms with van der Waals surface area (Å²) in [5.41, 5.74) is 0.846. The van der Waals surface area contributed by atoms with E-state index >= 15 is 0 Å². The van der Waals surface area contributed by atoms with Gasteiger partial charge in [0, 0.05) is 24.5 Å². The molecule has 0 unspecified atom stereocenters. The zero-order valence-electron chi connectivity index (χ0n) is 14.0. The first-order chi connectivity index (χ1) is 12.5. The fraction of sp³-hybridized carbons (Fsp3) is 0.158. The molecule has 26 heavy (non-hydrogen) atoms. The largest absolute Gasteiger partial charge is 0.484 e. The zero-order chi connectivity index (χ0) is 18.5. The molecule has 0 aliphatic heterocycles. The van der Waals surface area contributed by atoms with Crippen molar-refractivity contribution in [2.24, 2.45) is 7.05 Å². The van der Waals surface area contributed by atoms with Crippen LogP contribution in [-0.4, -0.2) is 22.1 Å². The Hall–Kier alpha value is -2.86. The number of aromatic nitrogens is 2. The molecule has 1 atom stereocenters. The van der Waals surface area contributed by atoms with Crippen molar-refractivity contribution in [1.82, 2.24) is 14.9 Å². The third-order valence-corrected chi connectivity index (χ3v) is 4.06. The minimum Gasteiger partial charge on any atom is -0.484 e. The van der Waals surface area contributed by atoms with Crippen LogP contribution in [0.3, 0.4) is 0 Å². The van der Waals surface area contributed by atoms with Crippen molar-refractivity contribution in [3.05, 3.63) is 83.2 Å². The summed E-state index contributed by atoms with van der Waals surface area (Å²) in [6.07, 6.45) is 3.47. The van der Waals surface area contributed by atoms with Crippen LogP contribution in [0.2, 0.25) is 5.02 Å². The molecule has 0 aliphatic carbocycles. The fourth-order valence-electron chi connectivity index (χ4n) is 2.49. The van der Waals surface area contributed by atoms with Crippen molar-refractivity contribution in [3.8, 4) is 5.75 Å². The van der Waals surface area contributed by atoms with Gasteiger partial charge in [-0.1, -0.05) is 23.7 Å². The summed E-state index contributed by atoms with van der Waals surface area (Å²) in [5.74, 6) is 0.417. The second kappa shape index (κ2) is 8.01. The van der Waals surface area contributed by atoms with Crippen molar-refractivity contribution in [2.75, 3.05) is 6.61 Å². The van der Waals surface area contributed by atoms with Gasteiger partial charge in [0.25, 0.3) is 5.91 Å². The molecule has 0 fully saturated rings. The van der Waals surface area contributed by atoms with Crippen LogP contribution in [0.1, 0.15) is 17.4 Å². The molecule has 3 aromatic rings.